The third-order valence-electron chi connectivity index (χ3n) is 5.42. The molecule has 1 amide bonds. The third kappa shape index (κ3) is 3.59. The minimum absolute atomic E-state index is 0.261. The molecular weight excluding hydrogens is 418 g/mol. The number of carbonyl (C=O) groups excluding carboxylic acids is 2. The summed E-state index contributed by atoms with van der Waals surface area (Å²) in [5, 5.41) is 3.29. The van der Waals surface area contributed by atoms with Crippen LogP contribution in [0.2, 0.25) is 0 Å². The summed E-state index contributed by atoms with van der Waals surface area (Å²) in [5.74, 6) is -0.387. The van der Waals surface area contributed by atoms with Gasteiger partial charge in [-0.2, -0.15) is 0 Å². The SMILES string of the molecule is CCOC(=O)c1ccc(-n2c(C=C3C(=O)Nc4ccccc43)nc3ccccc3c2=O)cc1. The number of aromatic nitrogens is 2. The van der Waals surface area contributed by atoms with Crippen LogP contribution in [0.5, 0.6) is 0 Å². The van der Waals surface area contributed by atoms with E-state index in [1.54, 1.807) is 55.5 Å². The van der Waals surface area contributed by atoms with E-state index in [0.717, 1.165) is 5.56 Å². The van der Waals surface area contributed by atoms with Gasteiger partial charge in [-0.1, -0.05) is 30.3 Å². The Bertz CT molecular complexity index is 1500. The number of nitrogens with one attached hydrogen (secondary N) is 1. The lowest BCUT2D eigenvalue weighted by Crippen LogP contribution is -2.22. The molecule has 2 heterocycles. The Labute approximate surface area is 189 Å². The predicted molar refractivity (Wildman–Crippen MR) is 126 cm³/mol. The van der Waals surface area contributed by atoms with Crippen LogP contribution in [-0.4, -0.2) is 28.0 Å². The van der Waals surface area contributed by atoms with Crippen LogP contribution in [0.25, 0.3) is 28.2 Å². The largest absolute Gasteiger partial charge is 0.462 e. The zero-order valence-corrected chi connectivity index (χ0v) is 17.7. The van der Waals surface area contributed by atoms with Crippen LogP contribution in [0.1, 0.15) is 28.7 Å². The van der Waals surface area contributed by atoms with Crippen LogP contribution in [0.3, 0.4) is 0 Å². The summed E-state index contributed by atoms with van der Waals surface area (Å²) >= 11 is 0. The monoisotopic (exact) mass is 437 g/mol. The van der Waals surface area contributed by atoms with E-state index in [0.29, 0.717) is 39.2 Å². The van der Waals surface area contributed by atoms with Crippen molar-refractivity contribution < 1.29 is 14.3 Å². The molecule has 33 heavy (non-hydrogen) atoms. The fourth-order valence-corrected chi connectivity index (χ4v) is 3.87. The maximum atomic E-state index is 13.5. The number of hydrogen-bond acceptors (Lipinski definition) is 5. The highest BCUT2D eigenvalue weighted by Crippen LogP contribution is 2.32. The zero-order valence-electron chi connectivity index (χ0n) is 17.7. The van der Waals surface area contributed by atoms with E-state index in [4.69, 9.17) is 4.74 Å². The molecule has 7 heteroatoms. The molecule has 0 fully saturated rings. The minimum atomic E-state index is -0.436. The summed E-state index contributed by atoms with van der Waals surface area (Å²) in [4.78, 5) is 42.9. The highest BCUT2D eigenvalue weighted by atomic mass is 16.5. The highest BCUT2D eigenvalue weighted by Gasteiger charge is 2.24. The average molecular weight is 437 g/mol. The Kier molecular flexibility index (Phi) is 5.06. The number of nitrogens with zero attached hydrogens (tertiary/aromatic N) is 2. The van der Waals surface area contributed by atoms with Crippen LogP contribution >= 0.6 is 0 Å². The van der Waals surface area contributed by atoms with Crippen molar-refractivity contribution in [1.29, 1.82) is 0 Å². The van der Waals surface area contributed by atoms with Gasteiger partial charge in [0, 0.05) is 11.3 Å². The standard InChI is InChI=1S/C26H19N3O4/c1-2-33-26(32)16-11-13-17(14-12-16)29-23(27-22-10-6-4-8-19(22)25(29)31)15-20-18-7-3-5-9-21(18)28-24(20)30/h3-15H,2H2,1H3,(H,28,30). The van der Waals surface area contributed by atoms with Gasteiger partial charge in [0.05, 0.1) is 34.3 Å². The van der Waals surface area contributed by atoms with Gasteiger partial charge in [-0.15, -0.1) is 0 Å². The smallest absolute Gasteiger partial charge is 0.338 e. The van der Waals surface area contributed by atoms with Crippen molar-refractivity contribution >= 4 is 40.1 Å². The molecule has 0 unspecified atom stereocenters. The van der Waals surface area contributed by atoms with E-state index >= 15 is 0 Å². The number of fused-ring (bicyclic) bond motifs is 2. The van der Waals surface area contributed by atoms with Crippen LogP contribution < -0.4 is 10.9 Å². The number of hydrogen-bond donors (Lipinski definition) is 1. The van der Waals surface area contributed by atoms with Crippen molar-refractivity contribution in [1.82, 2.24) is 9.55 Å². The van der Waals surface area contributed by atoms with Crippen LogP contribution in [0.15, 0.2) is 77.6 Å². The molecule has 1 N–H and O–H groups in total. The van der Waals surface area contributed by atoms with Gasteiger partial charge >= 0.3 is 5.97 Å². The first-order valence-corrected chi connectivity index (χ1v) is 10.5. The Morgan fingerprint density at radius 2 is 1.73 bits per heavy atom. The first kappa shape index (κ1) is 20.4. The molecule has 3 aromatic carbocycles. The maximum absolute atomic E-state index is 13.5. The molecule has 0 aliphatic carbocycles. The number of benzene rings is 3. The molecule has 7 nitrogen and oxygen atoms in total. The Morgan fingerprint density at radius 3 is 2.52 bits per heavy atom. The topological polar surface area (TPSA) is 90.3 Å². The molecule has 1 aliphatic rings. The minimum Gasteiger partial charge on any atom is -0.462 e. The molecule has 0 radical (unpaired) electrons. The Hall–Kier alpha value is -4.52. The van der Waals surface area contributed by atoms with E-state index in [1.165, 1.54) is 4.57 Å². The molecule has 0 bridgehead atoms. The molecule has 1 aliphatic heterocycles. The summed E-state index contributed by atoms with van der Waals surface area (Å²) in [6.45, 7) is 2.01. The van der Waals surface area contributed by atoms with Gasteiger partial charge in [0.1, 0.15) is 5.82 Å². The van der Waals surface area contributed by atoms with Gasteiger partial charge in [0.15, 0.2) is 0 Å². The van der Waals surface area contributed by atoms with E-state index in [-0.39, 0.29) is 18.1 Å². The maximum Gasteiger partial charge on any atom is 0.338 e. The molecule has 0 saturated heterocycles. The molecule has 0 spiro atoms. The molecule has 5 rings (SSSR count). The number of carbonyl (C=O) groups is 2. The van der Waals surface area contributed by atoms with E-state index in [2.05, 4.69) is 10.3 Å². The first-order valence-electron chi connectivity index (χ1n) is 10.5. The normalized spacial score (nSPS) is 13.7. The molecule has 0 saturated carbocycles. The average Bonchev–Trinajstić information content (AvgIpc) is 3.14. The number of anilines is 1. The number of amides is 1. The van der Waals surface area contributed by atoms with Gasteiger partial charge in [0.25, 0.3) is 11.5 Å². The summed E-state index contributed by atoms with van der Waals surface area (Å²) in [6, 6.07) is 20.9. The fraction of sp³-hybridized carbons (Fsp3) is 0.0769. The zero-order chi connectivity index (χ0) is 22.9. The number of rotatable bonds is 4. The van der Waals surface area contributed by atoms with Gasteiger partial charge in [-0.25, -0.2) is 9.78 Å². The second-order valence-electron chi connectivity index (χ2n) is 7.45. The van der Waals surface area contributed by atoms with Crippen molar-refractivity contribution in [2.75, 3.05) is 11.9 Å². The summed E-state index contributed by atoms with van der Waals surface area (Å²) in [7, 11) is 0. The lowest BCUT2D eigenvalue weighted by Gasteiger charge is -2.12. The summed E-state index contributed by atoms with van der Waals surface area (Å²) in [5.41, 5.74) is 3.03. The third-order valence-corrected chi connectivity index (χ3v) is 5.42. The fourth-order valence-electron chi connectivity index (χ4n) is 3.87. The van der Waals surface area contributed by atoms with Gasteiger partial charge in [-0.3, -0.25) is 14.2 Å². The molecular formula is C26H19N3O4. The second-order valence-corrected chi connectivity index (χ2v) is 7.45. The Morgan fingerprint density at radius 1 is 1.00 bits per heavy atom. The Balaban J connectivity index is 1.72. The van der Waals surface area contributed by atoms with E-state index in [1.807, 2.05) is 30.3 Å². The highest BCUT2D eigenvalue weighted by molar-refractivity contribution is 6.34. The number of ether oxygens (including phenoxy) is 1. The van der Waals surface area contributed by atoms with Crippen molar-refractivity contribution in [3.05, 3.63) is 100 Å². The van der Waals surface area contributed by atoms with Crippen molar-refractivity contribution in [2.45, 2.75) is 6.92 Å². The molecule has 1 aromatic heterocycles. The van der Waals surface area contributed by atoms with Gasteiger partial charge in [0.2, 0.25) is 0 Å². The molecule has 0 atom stereocenters. The van der Waals surface area contributed by atoms with Crippen LogP contribution in [0.4, 0.5) is 5.69 Å². The first-order chi connectivity index (χ1) is 16.1. The van der Waals surface area contributed by atoms with Gasteiger partial charge in [-0.05, 0) is 55.5 Å². The van der Waals surface area contributed by atoms with E-state index in [9.17, 15) is 14.4 Å². The van der Waals surface area contributed by atoms with Gasteiger partial charge < -0.3 is 10.1 Å². The molecule has 162 valence electrons. The van der Waals surface area contributed by atoms with Crippen LogP contribution in [-0.2, 0) is 9.53 Å². The van der Waals surface area contributed by atoms with Crippen molar-refractivity contribution in [3.63, 3.8) is 0 Å². The van der Waals surface area contributed by atoms with Crippen LogP contribution in [0, 0.1) is 0 Å². The number of para-hydroxylation sites is 2. The second kappa shape index (κ2) is 8.20. The summed E-state index contributed by atoms with van der Waals surface area (Å²) in [6.07, 6.45) is 1.62. The number of esters is 1. The lowest BCUT2D eigenvalue weighted by molar-refractivity contribution is -0.110. The van der Waals surface area contributed by atoms with Crippen molar-refractivity contribution in [2.24, 2.45) is 0 Å². The van der Waals surface area contributed by atoms with Crippen molar-refractivity contribution in [3.8, 4) is 5.69 Å². The molecule has 4 aromatic rings. The summed E-state index contributed by atoms with van der Waals surface area (Å²) < 4.78 is 6.48. The quantitative estimate of drug-likeness (QED) is 0.384. The van der Waals surface area contributed by atoms with E-state index < -0.39 is 5.97 Å². The lowest BCUT2D eigenvalue weighted by atomic mass is 10.1. The predicted octanol–water partition coefficient (Wildman–Crippen LogP) is 4.06.